The zero-order valence-corrected chi connectivity index (χ0v) is 16.0. The van der Waals surface area contributed by atoms with Crippen molar-refractivity contribution in [3.8, 4) is 5.69 Å². The minimum absolute atomic E-state index is 1.04. The SMILES string of the molecule is Cc1cc(C)cc(-n2c(C)cc(C=Nc3cccc(C)c3C)c2C)c1. The molecule has 0 unspecified atom stereocenters. The molecule has 0 N–H and O–H groups in total. The summed E-state index contributed by atoms with van der Waals surface area (Å²) < 4.78 is 2.31. The highest BCUT2D eigenvalue weighted by atomic mass is 15.0. The monoisotopic (exact) mass is 330 g/mol. The molecular weight excluding hydrogens is 304 g/mol. The van der Waals surface area contributed by atoms with Gasteiger partial charge in [0, 0.05) is 28.9 Å². The maximum absolute atomic E-state index is 4.74. The van der Waals surface area contributed by atoms with Crippen molar-refractivity contribution in [2.24, 2.45) is 4.99 Å². The van der Waals surface area contributed by atoms with Gasteiger partial charge in [0.05, 0.1) is 5.69 Å². The van der Waals surface area contributed by atoms with E-state index in [0.29, 0.717) is 0 Å². The van der Waals surface area contributed by atoms with Crippen molar-refractivity contribution in [2.75, 3.05) is 0 Å². The molecule has 0 atom stereocenters. The van der Waals surface area contributed by atoms with Gasteiger partial charge in [0.2, 0.25) is 0 Å². The van der Waals surface area contributed by atoms with Crippen molar-refractivity contribution in [1.29, 1.82) is 0 Å². The van der Waals surface area contributed by atoms with Gasteiger partial charge in [-0.2, -0.15) is 0 Å². The average Bonchev–Trinajstić information content (AvgIpc) is 2.82. The maximum atomic E-state index is 4.74. The number of nitrogens with zero attached hydrogens (tertiary/aromatic N) is 2. The third-order valence-corrected chi connectivity index (χ3v) is 4.85. The smallest absolute Gasteiger partial charge is 0.0661 e. The van der Waals surface area contributed by atoms with Gasteiger partial charge in [-0.1, -0.05) is 18.2 Å². The van der Waals surface area contributed by atoms with Crippen LogP contribution in [0.4, 0.5) is 5.69 Å². The first-order chi connectivity index (χ1) is 11.9. The molecule has 0 aliphatic carbocycles. The van der Waals surface area contributed by atoms with Crippen molar-refractivity contribution < 1.29 is 0 Å². The number of aryl methyl sites for hydroxylation is 4. The van der Waals surface area contributed by atoms with Gasteiger partial charge in [0.1, 0.15) is 0 Å². The summed E-state index contributed by atoms with van der Waals surface area (Å²) in [6, 6.07) is 15.1. The van der Waals surface area contributed by atoms with Crippen molar-refractivity contribution in [1.82, 2.24) is 4.57 Å². The number of hydrogen-bond acceptors (Lipinski definition) is 1. The van der Waals surface area contributed by atoms with Crippen LogP contribution in [0.1, 0.15) is 39.2 Å². The molecule has 0 bridgehead atoms. The van der Waals surface area contributed by atoms with Crippen molar-refractivity contribution in [3.63, 3.8) is 0 Å². The fourth-order valence-electron chi connectivity index (χ4n) is 3.41. The third kappa shape index (κ3) is 3.43. The maximum Gasteiger partial charge on any atom is 0.0661 e. The molecule has 0 saturated carbocycles. The predicted octanol–water partition coefficient (Wildman–Crippen LogP) is 6.08. The number of hydrogen-bond donors (Lipinski definition) is 0. The molecule has 1 heterocycles. The van der Waals surface area contributed by atoms with Crippen LogP contribution in [-0.4, -0.2) is 10.8 Å². The van der Waals surface area contributed by atoms with E-state index in [9.17, 15) is 0 Å². The minimum atomic E-state index is 1.04. The standard InChI is InChI=1S/C23H26N2/c1-15-10-16(2)12-22(11-15)25-18(4)13-21(20(25)6)14-24-23-9-7-8-17(3)19(23)5/h7-14H,1-6H3. The lowest BCUT2D eigenvalue weighted by molar-refractivity contribution is 0.960. The summed E-state index contributed by atoms with van der Waals surface area (Å²) in [5, 5.41) is 0. The molecule has 2 heteroatoms. The quantitative estimate of drug-likeness (QED) is 0.518. The summed E-state index contributed by atoms with van der Waals surface area (Å²) in [5.74, 6) is 0. The topological polar surface area (TPSA) is 17.3 Å². The molecule has 0 spiro atoms. The Morgan fingerprint density at radius 3 is 2.20 bits per heavy atom. The van der Waals surface area contributed by atoms with E-state index in [0.717, 1.165) is 11.3 Å². The first-order valence-corrected chi connectivity index (χ1v) is 8.74. The highest BCUT2D eigenvalue weighted by molar-refractivity contribution is 5.84. The highest BCUT2D eigenvalue weighted by Crippen LogP contribution is 2.24. The number of aromatic nitrogens is 1. The van der Waals surface area contributed by atoms with E-state index in [2.05, 4.69) is 88.6 Å². The van der Waals surface area contributed by atoms with Gasteiger partial charge in [-0.25, -0.2) is 0 Å². The zero-order chi connectivity index (χ0) is 18.1. The molecule has 0 aliphatic rings. The van der Waals surface area contributed by atoms with E-state index in [1.165, 1.54) is 39.3 Å². The average molecular weight is 330 g/mol. The fourth-order valence-corrected chi connectivity index (χ4v) is 3.41. The van der Waals surface area contributed by atoms with Crippen LogP contribution in [0.5, 0.6) is 0 Å². The lowest BCUT2D eigenvalue weighted by Gasteiger charge is -2.11. The Morgan fingerprint density at radius 1 is 0.840 bits per heavy atom. The summed E-state index contributed by atoms with van der Waals surface area (Å²) >= 11 is 0. The molecule has 2 aromatic carbocycles. The lowest BCUT2D eigenvalue weighted by atomic mass is 10.1. The summed E-state index contributed by atoms with van der Waals surface area (Å²) in [6.45, 7) is 12.9. The van der Waals surface area contributed by atoms with Crippen molar-refractivity contribution in [2.45, 2.75) is 41.5 Å². The molecular formula is C23H26N2. The molecule has 0 amide bonds. The van der Waals surface area contributed by atoms with E-state index in [1.807, 2.05) is 6.21 Å². The first kappa shape index (κ1) is 17.2. The zero-order valence-electron chi connectivity index (χ0n) is 16.0. The molecule has 0 radical (unpaired) electrons. The molecule has 0 aliphatic heterocycles. The van der Waals surface area contributed by atoms with E-state index in [1.54, 1.807) is 0 Å². The first-order valence-electron chi connectivity index (χ1n) is 8.74. The summed E-state index contributed by atoms with van der Waals surface area (Å²) in [7, 11) is 0. The number of aliphatic imine (C=N–C) groups is 1. The predicted molar refractivity (Wildman–Crippen MR) is 108 cm³/mol. The fraction of sp³-hybridized carbons (Fsp3) is 0.261. The third-order valence-electron chi connectivity index (χ3n) is 4.85. The Hall–Kier alpha value is -2.61. The van der Waals surface area contributed by atoms with Crippen LogP contribution in [-0.2, 0) is 0 Å². The highest BCUT2D eigenvalue weighted by Gasteiger charge is 2.10. The van der Waals surface area contributed by atoms with Crippen LogP contribution in [0.2, 0.25) is 0 Å². The Labute approximate surface area is 150 Å². The van der Waals surface area contributed by atoms with Crippen LogP contribution >= 0.6 is 0 Å². The van der Waals surface area contributed by atoms with Gasteiger partial charge in [0.15, 0.2) is 0 Å². The lowest BCUT2D eigenvalue weighted by Crippen LogP contribution is -2.00. The van der Waals surface area contributed by atoms with Gasteiger partial charge < -0.3 is 4.57 Å². The molecule has 1 aromatic heterocycles. The van der Waals surface area contributed by atoms with Gasteiger partial charge in [-0.3, -0.25) is 4.99 Å². The van der Waals surface area contributed by atoms with Crippen LogP contribution in [0.3, 0.4) is 0 Å². The summed E-state index contributed by atoms with van der Waals surface area (Å²) in [6.07, 6.45) is 1.99. The van der Waals surface area contributed by atoms with Gasteiger partial charge in [0.25, 0.3) is 0 Å². The number of benzene rings is 2. The van der Waals surface area contributed by atoms with Crippen LogP contribution in [0.15, 0.2) is 47.5 Å². The number of rotatable bonds is 3. The minimum Gasteiger partial charge on any atom is -0.318 e. The van der Waals surface area contributed by atoms with Crippen LogP contribution in [0.25, 0.3) is 5.69 Å². The Morgan fingerprint density at radius 2 is 1.52 bits per heavy atom. The molecule has 3 aromatic rings. The van der Waals surface area contributed by atoms with E-state index in [4.69, 9.17) is 4.99 Å². The molecule has 0 saturated heterocycles. The molecule has 2 nitrogen and oxygen atoms in total. The van der Waals surface area contributed by atoms with Crippen LogP contribution in [0, 0.1) is 41.5 Å². The Kier molecular flexibility index (Phi) is 4.63. The second-order valence-corrected chi connectivity index (χ2v) is 6.99. The van der Waals surface area contributed by atoms with Gasteiger partial charge in [-0.05, 0) is 88.1 Å². The van der Waals surface area contributed by atoms with Crippen LogP contribution < -0.4 is 0 Å². The molecule has 128 valence electrons. The van der Waals surface area contributed by atoms with Gasteiger partial charge >= 0.3 is 0 Å². The van der Waals surface area contributed by atoms with E-state index < -0.39 is 0 Å². The largest absolute Gasteiger partial charge is 0.318 e. The van der Waals surface area contributed by atoms with E-state index in [-0.39, 0.29) is 0 Å². The molecule has 3 rings (SSSR count). The molecule has 25 heavy (non-hydrogen) atoms. The normalized spacial score (nSPS) is 11.4. The second-order valence-electron chi connectivity index (χ2n) is 6.99. The Bertz CT molecular complexity index is 938. The van der Waals surface area contributed by atoms with Crippen molar-refractivity contribution in [3.05, 3.63) is 81.7 Å². The van der Waals surface area contributed by atoms with E-state index >= 15 is 0 Å². The second kappa shape index (κ2) is 6.72. The van der Waals surface area contributed by atoms with Crippen molar-refractivity contribution >= 4 is 11.9 Å². The van der Waals surface area contributed by atoms with Gasteiger partial charge in [-0.15, -0.1) is 0 Å². The Balaban J connectivity index is 2.02. The summed E-state index contributed by atoms with van der Waals surface area (Å²) in [5.41, 5.74) is 11.0. The summed E-state index contributed by atoms with van der Waals surface area (Å²) in [4.78, 5) is 4.74. The molecule has 0 fully saturated rings.